The first kappa shape index (κ1) is 22.2. The lowest BCUT2D eigenvalue weighted by atomic mass is 10.2. The van der Waals surface area contributed by atoms with Crippen LogP contribution in [0.3, 0.4) is 0 Å². The van der Waals surface area contributed by atoms with Crippen LogP contribution >= 0.6 is 35.0 Å². The molecule has 0 aliphatic rings. The SMILES string of the molecule is C=CCn1c(SC(C)C(=O)Nc2ccc(Cl)cc2Cl)nnc1-c1ccc(OC)cc1. The molecule has 9 heteroatoms. The van der Waals surface area contributed by atoms with Gasteiger partial charge in [-0.05, 0) is 49.4 Å². The van der Waals surface area contributed by atoms with Crippen molar-refractivity contribution in [3.8, 4) is 17.1 Å². The average Bonchev–Trinajstić information content (AvgIpc) is 3.12. The van der Waals surface area contributed by atoms with Gasteiger partial charge in [0.2, 0.25) is 5.91 Å². The second-order valence-electron chi connectivity index (χ2n) is 6.31. The minimum Gasteiger partial charge on any atom is -0.497 e. The van der Waals surface area contributed by atoms with Crippen molar-refractivity contribution >= 4 is 46.6 Å². The van der Waals surface area contributed by atoms with E-state index in [9.17, 15) is 4.79 Å². The Morgan fingerprint density at radius 3 is 2.63 bits per heavy atom. The zero-order valence-electron chi connectivity index (χ0n) is 16.4. The number of hydrogen-bond donors (Lipinski definition) is 1. The number of ether oxygens (including phenoxy) is 1. The molecular weight excluding hydrogens is 443 g/mol. The molecule has 1 unspecified atom stereocenters. The second-order valence-corrected chi connectivity index (χ2v) is 8.46. The van der Waals surface area contributed by atoms with E-state index < -0.39 is 5.25 Å². The number of halogens is 2. The summed E-state index contributed by atoms with van der Waals surface area (Å²) in [7, 11) is 1.62. The number of anilines is 1. The molecule has 0 aliphatic carbocycles. The fourth-order valence-corrected chi connectivity index (χ4v) is 3.97. The number of amides is 1. The van der Waals surface area contributed by atoms with Crippen LogP contribution in [-0.4, -0.2) is 33.0 Å². The zero-order chi connectivity index (χ0) is 21.7. The molecule has 1 amide bonds. The Bertz CT molecular complexity index is 1050. The van der Waals surface area contributed by atoms with E-state index in [0.29, 0.717) is 33.3 Å². The summed E-state index contributed by atoms with van der Waals surface area (Å²) in [6.07, 6.45) is 1.76. The van der Waals surface area contributed by atoms with Gasteiger partial charge in [-0.2, -0.15) is 0 Å². The fraction of sp³-hybridized carbons (Fsp3) is 0.190. The normalized spacial score (nSPS) is 11.7. The van der Waals surface area contributed by atoms with Crippen molar-refractivity contribution in [1.29, 1.82) is 0 Å². The number of allylic oxidation sites excluding steroid dienone is 1. The van der Waals surface area contributed by atoms with Crippen molar-refractivity contribution in [2.24, 2.45) is 0 Å². The van der Waals surface area contributed by atoms with Gasteiger partial charge in [0.25, 0.3) is 0 Å². The molecule has 0 aliphatic heterocycles. The monoisotopic (exact) mass is 462 g/mol. The molecule has 0 radical (unpaired) electrons. The minimum atomic E-state index is -0.437. The van der Waals surface area contributed by atoms with Crippen molar-refractivity contribution in [3.05, 3.63) is 65.2 Å². The lowest BCUT2D eigenvalue weighted by molar-refractivity contribution is -0.115. The molecule has 6 nitrogen and oxygen atoms in total. The maximum Gasteiger partial charge on any atom is 0.237 e. The third-order valence-electron chi connectivity index (χ3n) is 4.22. The van der Waals surface area contributed by atoms with E-state index in [2.05, 4.69) is 22.1 Å². The summed E-state index contributed by atoms with van der Waals surface area (Å²) in [4.78, 5) is 12.7. The summed E-state index contributed by atoms with van der Waals surface area (Å²) in [5.74, 6) is 1.24. The Kier molecular flexibility index (Phi) is 7.42. The van der Waals surface area contributed by atoms with Gasteiger partial charge in [0.1, 0.15) is 5.75 Å². The van der Waals surface area contributed by atoms with Gasteiger partial charge in [0.15, 0.2) is 11.0 Å². The largest absolute Gasteiger partial charge is 0.497 e. The van der Waals surface area contributed by atoms with Crippen LogP contribution in [0.25, 0.3) is 11.4 Å². The summed E-state index contributed by atoms with van der Waals surface area (Å²) >= 11 is 13.4. The number of thioether (sulfide) groups is 1. The summed E-state index contributed by atoms with van der Waals surface area (Å²) in [6.45, 7) is 6.12. The molecule has 1 heterocycles. The van der Waals surface area contributed by atoms with Crippen LogP contribution in [0.1, 0.15) is 6.92 Å². The first-order valence-corrected chi connectivity index (χ1v) is 10.7. The topological polar surface area (TPSA) is 69.0 Å². The van der Waals surface area contributed by atoms with Gasteiger partial charge in [-0.15, -0.1) is 16.8 Å². The van der Waals surface area contributed by atoms with Gasteiger partial charge in [-0.25, -0.2) is 0 Å². The maximum absolute atomic E-state index is 12.7. The van der Waals surface area contributed by atoms with Crippen molar-refractivity contribution in [1.82, 2.24) is 14.8 Å². The average molecular weight is 463 g/mol. The van der Waals surface area contributed by atoms with Gasteiger partial charge >= 0.3 is 0 Å². The highest BCUT2D eigenvalue weighted by atomic mass is 35.5. The lowest BCUT2D eigenvalue weighted by Gasteiger charge is -2.14. The number of aromatic nitrogens is 3. The van der Waals surface area contributed by atoms with Gasteiger partial charge in [0, 0.05) is 17.1 Å². The Balaban J connectivity index is 1.78. The highest BCUT2D eigenvalue weighted by Gasteiger charge is 2.21. The lowest BCUT2D eigenvalue weighted by Crippen LogP contribution is -2.23. The van der Waals surface area contributed by atoms with Crippen LogP contribution in [0.4, 0.5) is 5.69 Å². The van der Waals surface area contributed by atoms with Crippen molar-refractivity contribution in [3.63, 3.8) is 0 Å². The molecule has 156 valence electrons. The maximum atomic E-state index is 12.7. The predicted molar refractivity (Wildman–Crippen MR) is 123 cm³/mol. The van der Waals surface area contributed by atoms with E-state index in [1.54, 1.807) is 38.3 Å². The second kappa shape index (κ2) is 10.0. The highest BCUT2D eigenvalue weighted by Crippen LogP contribution is 2.30. The van der Waals surface area contributed by atoms with E-state index in [1.165, 1.54) is 11.8 Å². The number of benzene rings is 2. The fourth-order valence-electron chi connectivity index (χ4n) is 2.66. The third kappa shape index (κ3) is 5.16. The Hall–Kier alpha value is -2.48. The molecule has 3 aromatic rings. The number of carbonyl (C=O) groups excluding carboxylic acids is 1. The van der Waals surface area contributed by atoms with Crippen LogP contribution in [0.2, 0.25) is 10.0 Å². The Morgan fingerprint density at radius 1 is 1.27 bits per heavy atom. The van der Waals surface area contributed by atoms with Crippen LogP contribution in [-0.2, 0) is 11.3 Å². The van der Waals surface area contributed by atoms with Crippen LogP contribution in [0.15, 0.2) is 60.3 Å². The Labute approximate surface area is 189 Å². The number of carbonyl (C=O) groups is 1. The molecule has 0 bridgehead atoms. The summed E-state index contributed by atoms with van der Waals surface area (Å²) in [6, 6.07) is 12.5. The standard InChI is InChI=1S/C21H20Cl2N4O2S/c1-4-11-27-19(14-5-8-16(29-3)9-6-14)25-26-21(27)30-13(2)20(28)24-18-10-7-15(22)12-17(18)23/h4-10,12-13H,1,11H2,2-3H3,(H,24,28). The molecular formula is C21H20Cl2N4O2S. The van der Waals surface area contributed by atoms with Crippen LogP contribution < -0.4 is 10.1 Å². The van der Waals surface area contributed by atoms with Crippen molar-refractivity contribution in [2.75, 3.05) is 12.4 Å². The van der Waals surface area contributed by atoms with Crippen molar-refractivity contribution < 1.29 is 9.53 Å². The van der Waals surface area contributed by atoms with Crippen LogP contribution in [0.5, 0.6) is 5.75 Å². The smallest absolute Gasteiger partial charge is 0.237 e. The molecule has 0 spiro atoms. The minimum absolute atomic E-state index is 0.205. The summed E-state index contributed by atoms with van der Waals surface area (Å²) in [5.41, 5.74) is 1.40. The molecule has 0 saturated carbocycles. The number of rotatable bonds is 8. The predicted octanol–water partition coefficient (Wildman–Crippen LogP) is 5.57. The Morgan fingerprint density at radius 2 is 2.00 bits per heavy atom. The summed E-state index contributed by atoms with van der Waals surface area (Å²) < 4.78 is 7.12. The van der Waals surface area contributed by atoms with Crippen molar-refractivity contribution in [2.45, 2.75) is 23.9 Å². The van der Waals surface area contributed by atoms with E-state index in [1.807, 2.05) is 28.8 Å². The zero-order valence-corrected chi connectivity index (χ0v) is 18.8. The molecule has 0 fully saturated rings. The van der Waals surface area contributed by atoms with Gasteiger partial charge in [-0.3, -0.25) is 9.36 Å². The third-order valence-corrected chi connectivity index (χ3v) is 5.85. The number of methoxy groups -OCH3 is 1. The first-order chi connectivity index (χ1) is 14.4. The molecule has 30 heavy (non-hydrogen) atoms. The number of nitrogens with zero attached hydrogens (tertiary/aromatic N) is 3. The first-order valence-electron chi connectivity index (χ1n) is 9.04. The molecule has 2 aromatic carbocycles. The summed E-state index contributed by atoms with van der Waals surface area (Å²) in [5, 5.41) is 12.5. The highest BCUT2D eigenvalue weighted by molar-refractivity contribution is 8.00. The van der Waals surface area contributed by atoms with Gasteiger partial charge < -0.3 is 10.1 Å². The van der Waals surface area contributed by atoms with Gasteiger partial charge in [0.05, 0.1) is 23.1 Å². The number of nitrogens with one attached hydrogen (secondary N) is 1. The molecule has 0 saturated heterocycles. The van der Waals surface area contributed by atoms with Crippen LogP contribution in [0, 0.1) is 0 Å². The molecule has 1 N–H and O–H groups in total. The van der Waals surface area contributed by atoms with E-state index in [4.69, 9.17) is 27.9 Å². The quantitative estimate of drug-likeness (QED) is 0.350. The molecule has 1 atom stereocenters. The number of hydrogen-bond acceptors (Lipinski definition) is 5. The van der Waals surface area contributed by atoms with E-state index >= 15 is 0 Å². The molecule has 1 aromatic heterocycles. The van der Waals surface area contributed by atoms with Gasteiger partial charge in [-0.1, -0.05) is 41.0 Å². The van der Waals surface area contributed by atoms with E-state index in [-0.39, 0.29) is 5.91 Å². The molecule has 3 rings (SSSR count). The van der Waals surface area contributed by atoms with E-state index in [0.717, 1.165) is 11.3 Å².